The van der Waals surface area contributed by atoms with E-state index < -0.39 is 12.3 Å². The van der Waals surface area contributed by atoms with E-state index in [1.54, 1.807) is 23.1 Å². The zero-order valence-electron chi connectivity index (χ0n) is 12.0. The predicted molar refractivity (Wildman–Crippen MR) is 77.7 cm³/mol. The monoisotopic (exact) mass is 309 g/mol. The van der Waals surface area contributed by atoms with Crippen LogP contribution in [-0.2, 0) is 23.6 Å². The molecule has 0 aliphatic carbocycles. The molecule has 1 aromatic heterocycles. The van der Waals surface area contributed by atoms with Crippen molar-refractivity contribution >= 4 is 11.6 Å². The molecule has 0 bridgehead atoms. The fourth-order valence-electron chi connectivity index (χ4n) is 3.06. The van der Waals surface area contributed by atoms with Crippen molar-refractivity contribution in [2.24, 2.45) is 5.92 Å². The number of hydrogen-bond donors (Lipinski definition) is 0. The summed E-state index contributed by atoms with van der Waals surface area (Å²) in [5, 5.41) is 4.68. The number of rotatable bonds is 4. The van der Waals surface area contributed by atoms with E-state index in [9.17, 15) is 4.39 Å². The van der Waals surface area contributed by atoms with Crippen LogP contribution in [0, 0.1) is 5.92 Å². The third kappa shape index (κ3) is 2.34. The second kappa shape index (κ2) is 5.39. The Balaban J connectivity index is 2.04. The van der Waals surface area contributed by atoms with Crippen LogP contribution in [0.2, 0.25) is 5.02 Å². The van der Waals surface area contributed by atoms with Crippen LogP contribution in [0.5, 0.6) is 0 Å². The van der Waals surface area contributed by atoms with Gasteiger partial charge in [0.1, 0.15) is 24.9 Å². The Morgan fingerprint density at radius 3 is 2.81 bits per heavy atom. The molecule has 1 unspecified atom stereocenters. The van der Waals surface area contributed by atoms with E-state index in [-0.39, 0.29) is 12.0 Å². The number of alkyl halides is 1. The lowest BCUT2D eigenvalue weighted by Gasteiger charge is -2.53. The Bertz CT molecular complexity index is 634. The average molecular weight is 310 g/mol. The standard InChI is InChI=1S/C15H17ClFN3O/c1-10-11(2)21-15(10,7-20-9-18-8-19-20)14-4-3-13(16)5-12(14)6-17/h3-5,8-11H,6-7H2,1-2H3/t10-,11?,15-/m1/s1. The molecular formula is C15H17ClFN3O. The number of halogens is 2. The van der Waals surface area contributed by atoms with E-state index in [0.717, 1.165) is 5.56 Å². The third-order valence-corrected chi connectivity index (χ3v) is 4.60. The molecule has 21 heavy (non-hydrogen) atoms. The van der Waals surface area contributed by atoms with E-state index in [1.807, 2.05) is 13.0 Å². The summed E-state index contributed by atoms with van der Waals surface area (Å²) < 4.78 is 21.2. The fraction of sp³-hybridized carbons (Fsp3) is 0.467. The van der Waals surface area contributed by atoms with Crippen molar-refractivity contribution in [3.05, 3.63) is 47.0 Å². The number of hydrogen-bond acceptors (Lipinski definition) is 3. The van der Waals surface area contributed by atoms with Gasteiger partial charge >= 0.3 is 0 Å². The smallest absolute Gasteiger partial charge is 0.137 e. The van der Waals surface area contributed by atoms with Gasteiger partial charge in [0, 0.05) is 10.9 Å². The van der Waals surface area contributed by atoms with Crippen molar-refractivity contribution in [2.75, 3.05) is 0 Å². The first-order valence-corrected chi connectivity index (χ1v) is 7.29. The molecule has 1 aromatic carbocycles. The first kappa shape index (κ1) is 14.5. The Morgan fingerprint density at radius 1 is 1.43 bits per heavy atom. The van der Waals surface area contributed by atoms with Crippen LogP contribution in [0.15, 0.2) is 30.9 Å². The predicted octanol–water partition coefficient (Wildman–Crippen LogP) is 3.35. The number of benzene rings is 1. The maximum atomic E-state index is 13.4. The molecule has 2 aromatic rings. The Morgan fingerprint density at radius 2 is 2.24 bits per heavy atom. The molecule has 1 fully saturated rings. The van der Waals surface area contributed by atoms with Gasteiger partial charge < -0.3 is 4.74 Å². The second-order valence-corrected chi connectivity index (χ2v) is 5.97. The molecule has 0 amide bonds. The van der Waals surface area contributed by atoms with E-state index >= 15 is 0 Å². The Hall–Kier alpha value is -1.46. The summed E-state index contributed by atoms with van der Waals surface area (Å²) in [7, 11) is 0. The van der Waals surface area contributed by atoms with Gasteiger partial charge in [0.05, 0.1) is 12.6 Å². The van der Waals surface area contributed by atoms with Crippen LogP contribution in [0.3, 0.4) is 0 Å². The van der Waals surface area contributed by atoms with Gasteiger partial charge in [-0.15, -0.1) is 0 Å². The van der Waals surface area contributed by atoms with Gasteiger partial charge in [-0.3, -0.25) is 0 Å². The molecule has 3 atom stereocenters. The van der Waals surface area contributed by atoms with Gasteiger partial charge in [0.25, 0.3) is 0 Å². The molecule has 6 heteroatoms. The van der Waals surface area contributed by atoms with Gasteiger partial charge in [0.15, 0.2) is 0 Å². The van der Waals surface area contributed by atoms with Gasteiger partial charge in [-0.25, -0.2) is 14.1 Å². The summed E-state index contributed by atoms with van der Waals surface area (Å²) in [6, 6.07) is 5.30. The SMILES string of the molecule is CC1O[C@@](Cn2cncn2)(c2ccc(Cl)cc2CF)[C@@H]1C. The third-order valence-electron chi connectivity index (χ3n) is 4.37. The van der Waals surface area contributed by atoms with Crippen LogP contribution in [0.1, 0.15) is 25.0 Å². The highest BCUT2D eigenvalue weighted by Crippen LogP contribution is 2.49. The Kier molecular flexibility index (Phi) is 3.71. The van der Waals surface area contributed by atoms with Crippen LogP contribution in [0.4, 0.5) is 4.39 Å². The van der Waals surface area contributed by atoms with Crippen LogP contribution in [-0.4, -0.2) is 20.9 Å². The van der Waals surface area contributed by atoms with Crippen molar-refractivity contribution in [3.63, 3.8) is 0 Å². The van der Waals surface area contributed by atoms with Crippen LogP contribution >= 0.6 is 11.6 Å². The molecular weight excluding hydrogens is 293 g/mol. The molecule has 1 aliphatic heterocycles. The molecule has 112 valence electrons. The highest BCUT2D eigenvalue weighted by Gasteiger charge is 2.53. The van der Waals surface area contributed by atoms with Crippen molar-refractivity contribution in [2.45, 2.75) is 38.8 Å². The summed E-state index contributed by atoms with van der Waals surface area (Å²) >= 11 is 5.98. The highest BCUT2D eigenvalue weighted by molar-refractivity contribution is 6.30. The lowest BCUT2D eigenvalue weighted by atomic mass is 9.72. The van der Waals surface area contributed by atoms with Crippen LogP contribution < -0.4 is 0 Å². The van der Waals surface area contributed by atoms with Crippen LogP contribution in [0.25, 0.3) is 0 Å². The van der Waals surface area contributed by atoms with Gasteiger partial charge in [-0.1, -0.05) is 24.6 Å². The second-order valence-electron chi connectivity index (χ2n) is 5.53. The molecule has 3 rings (SSSR count). The minimum Gasteiger partial charge on any atom is -0.365 e. The minimum atomic E-state index is -0.584. The van der Waals surface area contributed by atoms with E-state index in [0.29, 0.717) is 17.1 Å². The molecule has 1 aliphatic rings. The highest BCUT2D eigenvalue weighted by atomic mass is 35.5. The van der Waals surface area contributed by atoms with Crippen molar-refractivity contribution in [3.8, 4) is 0 Å². The van der Waals surface area contributed by atoms with Crippen molar-refractivity contribution in [1.82, 2.24) is 14.8 Å². The van der Waals surface area contributed by atoms with Gasteiger partial charge in [-0.05, 0) is 30.2 Å². The van der Waals surface area contributed by atoms with Gasteiger partial charge in [0.2, 0.25) is 0 Å². The molecule has 0 saturated carbocycles. The summed E-state index contributed by atoms with van der Waals surface area (Å²) in [6.45, 7) is 4.07. The molecule has 2 heterocycles. The molecule has 1 saturated heterocycles. The maximum absolute atomic E-state index is 13.4. The van der Waals surface area contributed by atoms with E-state index in [1.165, 1.54) is 6.33 Å². The van der Waals surface area contributed by atoms with E-state index in [4.69, 9.17) is 16.3 Å². The molecule has 0 spiro atoms. The largest absolute Gasteiger partial charge is 0.365 e. The summed E-state index contributed by atoms with van der Waals surface area (Å²) in [5.41, 5.74) is 0.830. The maximum Gasteiger partial charge on any atom is 0.137 e. The summed E-state index contributed by atoms with van der Waals surface area (Å²) in [6.07, 6.45) is 3.25. The van der Waals surface area contributed by atoms with E-state index in [2.05, 4.69) is 17.0 Å². The first-order chi connectivity index (χ1) is 10.1. The first-order valence-electron chi connectivity index (χ1n) is 6.92. The lowest BCUT2D eigenvalue weighted by molar-refractivity contribution is -0.264. The molecule has 0 N–H and O–H groups in total. The zero-order valence-corrected chi connectivity index (χ0v) is 12.7. The topological polar surface area (TPSA) is 39.9 Å². The normalized spacial score (nSPS) is 28.4. The van der Waals surface area contributed by atoms with Gasteiger partial charge in [-0.2, -0.15) is 5.10 Å². The molecule has 4 nitrogen and oxygen atoms in total. The lowest BCUT2D eigenvalue weighted by Crippen LogP contribution is -2.57. The number of nitrogens with zero attached hydrogens (tertiary/aromatic N) is 3. The summed E-state index contributed by atoms with van der Waals surface area (Å²) in [5.74, 6) is 0.244. The minimum absolute atomic E-state index is 0.122. The van der Waals surface area contributed by atoms with Crippen molar-refractivity contribution < 1.29 is 9.13 Å². The number of aromatic nitrogens is 3. The molecule has 0 radical (unpaired) electrons. The zero-order chi connectivity index (χ0) is 15.0. The fourth-order valence-corrected chi connectivity index (χ4v) is 3.26. The summed E-state index contributed by atoms with van der Waals surface area (Å²) in [4.78, 5) is 3.96. The average Bonchev–Trinajstić information content (AvgIpc) is 2.99. The Labute approximate surface area is 127 Å². The van der Waals surface area contributed by atoms with Crippen molar-refractivity contribution in [1.29, 1.82) is 0 Å². The number of ether oxygens (including phenoxy) is 1. The quantitative estimate of drug-likeness (QED) is 0.869.